The molecule has 0 aliphatic carbocycles. The second kappa shape index (κ2) is 8.59. The number of carbonyl (C=O) groups is 1. The standard InChI is InChI=1S/C23H22N4O/c28-23(26-25-15-22-7-3-4-13-24-22)20-10-8-18(9-11-20)16-27-14-12-19-5-1-2-6-21(19)17-27/h1-11,13,15H,12,14,16-17H2,(H,26,28)/b25-15-. The van der Waals surface area contributed by atoms with E-state index in [0.717, 1.165) is 26.1 Å². The first kappa shape index (κ1) is 18.1. The number of nitrogens with zero attached hydrogens (tertiary/aromatic N) is 3. The number of rotatable bonds is 5. The number of nitrogens with one attached hydrogen (secondary N) is 1. The summed E-state index contributed by atoms with van der Waals surface area (Å²) in [5.41, 5.74) is 7.89. The van der Waals surface area contributed by atoms with Crippen molar-refractivity contribution in [2.45, 2.75) is 19.5 Å². The molecule has 1 aliphatic heterocycles. The van der Waals surface area contributed by atoms with E-state index in [-0.39, 0.29) is 5.91 Å². The van der Waals surface area contributed by atoms with E-state index >= 15 is 0 Å². The summed E-state index contributed by atoms with van der Waals surface area (Å²) in [5, 5.41) is 3.96. The van der Waals surface area contributed by atoms with E-state index in [0.29, 0.717) is 11.3 Å². The molecular formula is C23H22N4O. The Morgan fingerprint density at radius 3 is 2.61 bits per heavy atom. The number of hydrogen-bond donors (Lipinski definition) is 1. The van der Waals surface area contributed by atoms with Gasteiger partial charge in [0.05, 0.1) is 11.9 Å². The summed E-state index contributed by atoms with van der Waals surface area (Å²) in [4.78, 5) is 18.8. The van der Waals surface area contributed by atoms with Crippen molar-refractivity contribution in [3.8, 4) is 0 Å². The molecule has 0 saturated heterocycles. The van der Waals surface area contributed by atoms with Crippen LogP contribution < -0.4 is 5.43 Å². The number of hydrazone groups is 1. The van der Waals surface area contributed by atoms with Gasteiger partial charge in [0, 0.05) is 31.4 Å². The Bertz CT molecular complexity index is 967. The molecule has 0 atom stereocenters. The minimum absolute atomic E-state index is 0.231. The molecule has 2 aromatic carbocycles. The fourth-order valence-corrected chi connectivity index (χ4v) is 3.38. The molecular weight excluding hydrogens is 348 g/mol. The molecule has 0 radical (unpaired) electrons. The van der Waals surface area contributed by atoms with Gasteiger partial charge in [0.25, 0.3) is 5.91 Å². The third-order valence-corrected chi connectivity index (χ3v) is 4.88. The van der Waals surface area contributed by atoms with E-state index in [1.54, 1.807) is 6.20 Å². The van der Waals surface area contributed by atoms with Gasteiger partial charge in [0.15, 0.2) is 0 Å². The summed E-state index contributed by atoms with van der Waals surface area (Å²) in [6, 6.07) is 21.9. The van der Waals surface area contributed by atoms with Crippen LogP contribution in [0.1, 0.15) is 32.7 Å². The van der Waals surface area contributed by atoms with Crippen LogP contribution in [0.5, 0.6) is 0 Å². The number of carbonyl (C=O) groups excluding carboxylic acids is 1. The maximum atomic E-state index is 12.2. The van der Waals surface area contributed by atoms with Crippen LogP contribution in [0, 0.1) is 0 Å². The zero-order valence-corrected chi connectivity index (χ0v) is 15.6. The van der Waals surface area contributed by atoms with Gasteiger partial charge in [-0.3, -0.25) is 14.7 Å². The van der Waals surface area contributed by atoms with Crippen LogP contribution in [0.3, 0.4) is 0 Å². The van der Waals surface area contributed by atoms with Gasteiger partial charge < -0.3 is 0 Å². The Kier molecular flexibility index (Phi) is 5.54. The molecule has 0 spiro atoms. The highest BCUT2D eigenvalue weighted by atomic mass is 16.2. The van der Waals surface area contributed by atoms with Crippen LogP contribution in [-0.2, 0) is 19.5 Å². The Hall–Kier alpha value is -3.31. The predicted molar refractivity (Wildman–Crippen MR) is 110 cm³/mol. The number of aromatic nitrogens is 1. The van der Waals surface area contributed by atoms with Crippen LogP contribution in [0.15, 0.2) is 78.0 Å². The van der Waals surface area contributed by atoms with Crippen LogP contribution in [0.4, 0.5) is 0 Å². The number of pyridine rings is 1. The van der Waals surface area contributed by atoms with E-state index in [4.69, 9.17) is 0 Å². The molecule has 0 saturated carbocycles. The average Bonchev–Trinajstić information content (AvgIpc) is 2.75. The van der Waals surface area contributed by atoms with Gasteiger partial charge in [-0.15, -0.1) is 0 Å². The average molecular weight is 370 g/mol. The number of benzene rings is 2. The quantitative estimate of drug-likeness (QED) is 0.553. The fraction of sp³-hybridized carbons (Fsp3) is 0.174. The minimum atomic E-state index is -0.231. The zero-order valence-electron chi connectivity index (χ0n) is 15.6. The van der Waals surface area contributed by atoms with E-state index < -0.39 is 0 Å². The van der Waals surface area contributed by atoms with Crippen molar-refractivity contribution in [2.24, 2.45) is 5.10 Å². The van der Waals surface area contributed by atoms with E-state index in [9.17, 15) is 4.79 Å². The third kappa shape index (κ3) is 4.50. The summed E-state index contributed by atoms with van der Waals surface area (Å²) in [5.74, 6) is -0.231. The normalized spacial score (nSPS) is 14.0. The first-order valence-corrected chi connectivity index (χ1v) is 9.40. The number of fused-ring (bicyclic) bond motifs is 1. The van der Waals surface area contributed by atoms with Crippen LogP contribution in [0.2, 0.25) is 0 Å². The maximum absolute atomic E-state index is 12.2. The molecule has 0 fully saturated rings. The van der Waals surface area contributed by atoms with Crippen molar-refractivity contribution in [3.05, 3.63) is 101 Å². The largest absolute Gasteiger partial charge is 0.294 e. The highest BCUT2D eigenvalue weighted by Crippen LogP contribution is 2.20. The SMILES string of the molecule is O=C(N/N=C\c1ccccn1)c1ccc(CN2CCc3ccccc3C2)cc1. The smallest absolute Gasteiger partial charge is 0.271 e. The minimum Gasteiger partial charge on any atom is -0.294 e. The lowest BCUT2D eigenvalue weighted by molar-refractivity contribution is 0.0955. The highest BCUT2D eigenvalue weighted by Gasteiger charge is 2.15. The van der Waals surface area contributed by atoms with Gasteiger partial charge in [-0.05, 0) is 47.4 Å². The topological polar surface area (TPSA) is 57.6 Å². The lowest BCUT2D eigenvalue weighted by atomic mass is 9.99. The van der Waals surface area contributed by atoms with Gasteiger partial charge in [-0.25, -0.2) is 5.43 Å². The van der Waals surface area contributed by atoms with Gasteiger partial charge >= 0.3 is 0 Å². The lowest BCUT2D eigenvalue weighted by Crippen LogP contribution is -2.30. The maximum Gasteiger partial charge on any atom is 0.271 e. The van der Waals surface area contributed by atoms with E-state index in [2.05, 4.69) is 44.7 Å². The monoisotopic (exact) mass is 370 g/mol. The molecule has 140 valence electrons. The van der Waals surface area contributed by atoms with E-state index in [1.807, 2.05) is 42.5 Å². The van der Waals surface area contributed by atoms with Gasteiger partial charge in [-0.1, -0.05) is 42.5 Å². The summed E-state index contributed by atoms with van der Waals surface area (Å²) in [6.45, 7) is 2.91. The van der Waals surface area contributed by atoms with Gasteiger partial charge in [0.1, 0.15) is 0 Å². The summed E-state index contributed by atoms with van der Waals surface area (Å²) in [6.07, 6.45) is 4.30. The van der Waals surface area contributed by atoms with Crippen LogP contribution in [-0.4, -0.2) is 28.6 Å². The van der Waals surface area contributed by atoms with Crippen molar-refractivity contribution >= 4 is 12.1 Å². The Morgan fingerprint density at radius 2 is 1.82 bits per heavy atom. The van der Waals surface area contributed by atoms with Crippen molar-refractivity contribution in [1.82, 2.24) is 15.3 Å². The zero-order chi connectivity index (χ0) is 19.2. The van der Waals surface area contributed by atoms with Gasteiger partial charge in [-0.2, -0.15) is 5.10 Å². The van der Waals surface area contributed by atoms with Crippen LogP contribution in [0.25, 0.3) is 0 Å². The summed E-state index contributed by atoms with van der Waals surface area (Å²) >= 11 is 0. The van der Waals surface area contributed by atoms with Crippen molar-refractivity contribution in [2.75, 3.05) is 6.54 Å². The molecule has 0 bridgehead atoms. The van der Waals surface area contributed by atoms with E-state index in [1.165, 1.54) is 22.9 Å². The van der Waals surface area contributed by atoms with Crippen molar-refractivity contribution in [3.63, 3.8) is 0 Å². The molecule has 3 aromatic rings. The molecule has 5 nitrogen and oxygen atoms in total. The Morgan fingerprint density at radius 1 is 1.04 bits per heavy atom. The Balaban J connectivity index is 1.32. The molecule has 2 heterocycles. The second-order valence-corrected chi connectivity index (χ2v) is 6.88. The molecule has 28 heavy (non-hydrogen) atoms. The van der Waals surface area contributed by atoms with Crippen molar-refractivity contribution < 1.29 is 4.79 Å². The molecule has 0 unspecified atom stereocenters. The predicted octanol–water partition coefficient (Wildman–Crippen LogP) is 3.40. The molecule has 5 heteroatoms. The molecule has 1 amide bonds. The fourth-order valence-electron chi connectivity index (χ4n) is 3.38. The number of hydrogen-bond acceptors (Lipinski definition) is 4. The first-order chi connectivity index (χ1) is 13.8. The summed E-state index contributed by atoms with van der Waals surface area (Å²) < 4.78 is 0. The van der Waals surface area contributed by atoms with Gasteiger partial charge in [0.2, 0.25) is 0 Å². The summed E-state index contributed by atoms with van der Waals surface area (Å²) in [7, 11) is 0. The number of amides is 1. The third-order valence-electron chi connectivity index (χ3n) is 4.88. The first-order valence-electron chi connectivity index (χ1n) is 9.40. The molecule has 1 aromatic heterocycles. The second-order valence-electron chi connectivity index (χ2n) is 6.88. The lowest BCUT2D eigenvalue weighted by Gasteiger charge is -2.28. The van der Waals surface area contributed by atoms with Crippen LogP contribution >= 0.6 is 0 Å². The molecule has 1 aliphatic rings. The molecule has 4 rings (SSSR count). The van der Waals surface area contributed by atoms with Crippen molar-refractivity contribution in [1.29, 1.82) is 0 Å². The highest BCUT2D eigenvalue weighted by molar-refractivity contribution is 5.94. The molecule has 1 N–H and O–H groups in total. The Labute approximate surface area is 164 Å².